The Morgan fingerprint density at radius 2 is 2.16 bits per heavy atom. The van der Waals surface area contributed by atoms with Crippen LogP contribution in [0.3, 0.4) is 0 Å². The molecule has 0 spiro atoms. The summed E-state index contributed by atoms with van der Waals surface area (Å²) in [5.41, 5.74) is 0.790. The molecule has 104 valence electrons. The van der Waals surface area contributed by atoms with Gasteiger partial charge in [-0.15, -0.1) is 0 Å². The van der Waals surface area contributed by atoms with Crippen LogP contribution in [0.4, 0.5) is 5.82 Å². The summed E-state index contributed by atoms with van der Waals surface area (Å²) in [6.07, 6.45) is 1.41. The molecule has 0 fully saturated rings. The smallest absolute Gasteiger partial charge is 0.254 e. The molecule has 2 heterocycles. The van der Waals surface area contributed by atoms with Gasteiger partial charge in [0, 0.05) is 32.4 Å². The van der Waals surface area contributed by atoms with Crippen LogP contribution in [0.1, 0.15) is 5.69 Å². The number of nitrogens with zero attached hydrogens (tertiary/aromatic N) is 5. The zero-order valence-electron chi connectivity index (χ0n) is 11.0. The molecule has 2 aromatic heterocycles. The maximum absolute atomic E-state index is 11.6. The standard InChI is InChI=1S/C10H16N6O2S/c1-8-6-9(16-10(14-8)12-7-13-16)11-4-5-19(17,18)15(2)3/h6-7,11H,4-5H2,1-3H3. The quantitative estimate of drug-likeness (QED) is 0.813. The molecule has 19 heavy (non-hydrogen) atoms. The van der Waals surface area contributed by atoms with Gasteiger partial charge in [-0.3, -0.25) is 0 Å². The second-order valence-corrected chi connectivity index (χ2v) is 6.58. The van der Waals surface area contributed by atoms with Crippen LogP contribution in [-0.4, -0.2) is 58.7 Å². The van der Waals surface area contributed by atoms with Gasteiger partial charge in [-0.2, -0.15) is 14.6 Å². The molecule has 9 heteroatoms. The van der Waals surface area contributed by atoms with E-state index in [1.807, 2.05) is 6.92 Å². The molecule has 2 aromatic rings. The Bertz CT molecular complexity index is 678. The number of anilines is 1. The van der Waals surface area contributed by atoms with Crippen molar-refractivity contribution in [3.63, 3.8) is 0 Å². The average Bonchev–Trinajstić information content (AvgIpc) is 2.76. The Labute approximate surface area is 111 Å². The molecule has 0 saturated carbocycles. The van der Waals surface area contributed by atoms with Crippen LogP contribution in [0.15, 0.2) is 12.4 Å². The van der Waals surface area contributed by atoms with Gasteiger partial charge in [-0.05, 0) is 6.92 Å². The number of fused-ring (bicyclic) bond motifs is 1. The molecule has 0 unspecified atom stereocenters. The van der Waals surface area contributed by atoms with E-state index in [0.717, 1.165) is 5.69 Å². The minimum atomic E-state index is -3.21. The lowest BCUT2D eigenvalue weighted by molar-refractivity contribution is 0.521. The summed E-state index contributed by atoms with van der Waals surface area (Å²) in [7, 11) is -0.178. The Hall–Kier alpha value is -1.74. The molecular weight excluding hydrogens is 268 g/mol. The van der Waals surface area contributed by atoms with Crippen molar-refractivity contribution in [1.29, 1.82) is 0 Å². The van der Waals surface area contributed by atoms with Crippen molar-refractivity contribution in [1.82, 2.24) is 23.9 Å². The monoisotopic (exact) mass is 284 g/mol. The largest absolute Gasteiger partial charge is 0.369 e. The van der Waals surface area contributed by atoms with Gasteiger partial charge in [0.15, 0.2) is 0 Å². The molecule has 0 bridgehead atoms. The number of nitrogens with one attached hydrogen (secondary N) is 1. The zero-order chi connectivity index (χ0) is 14.0. The summed E-state index contributed by atoms with van der Waals surface area (Å²) >= 11 is 0. The van der Waals surface area contributed by atoms with E-state index in [-0.39, 0.29) is 5.75 Å². The van der Waals surface area contributed by atoms with E-state index in [0.29, 0.717) is 18.1 Å². The molecule has 8 nitrogen and oxygen atoms in total. The van der Waals surface area contributed by atoms with Gasteiger partial charge in [0.2, 0.25) is 10.0 Å². The fraction of sp³-hybridized carbons (Fsp3) is 0.500. The van der Waals surface area contributed by atoms with E-state index in [4.69, 9.17) is 0 Å². The van der Waals surface area contributed by atoms with E-state index in [9.17, 15) is 8.42 Å². The summed E-state index contributed by atoms with van der Waals surface area (Å²) in [5.74, 6) is 1.17. The number of sulfonamides is 1. The van der Waals surface area contributed by atoms with Crippen LogP contribution in [0.25, 0.3) is 5.78 Å². The van der Waals surface area contributed by atoms with Crippen molar-refractivity contribution < 1.29 is 8.42 Å². The van der Waals surface area contributed by atoms with Crippen molar-refractivity contribution in [3.8, 4) is 0 Å². The van der Waals surface area contributed by atoms with E-state index in [1.165, 1.54) is 29.2 Å². The third-order valence-corrected chi connectivity index (χ3v) is 4.44. The molecule has 0 aliphatic rings. The number of hydrogen-bond acceptors (Lipinski definition) is 6. The maximum Gasteiger partial charge on any atom is 0.254 e. The molecule has 0 aliphatic carbocycles. The van der Waals surface area contributed by atoms with Crippen LogP contribution in [-0.2, 0) is 10.0 Å². The fourth-order valence-corrected chi connectivity index (χ4v) is 2.27. The highest BCUT2D eigenvalue weighted by Crippen LogP contribution is 2.09. The highest BCUT2D eigenvalue weighted by atomic mass is 32.2. The Balaban J connectivity index is 2.12. The summed E-state index contributed by atoms with van der Waals surface area (Å²) in [4.78, 5) is 8.20. The lowest BCUT2D eigenvalue weighted by Gasteiger charge is -2.12. The number of aromatic nitrogens is 4. The van der Waals surface area contributed by atoms with Gasteiger partial charge in [0.25, 0.3) is 5.78 Å². The predicted octanol–water partition coefficient (Wildman–Crippen LogP) is -0.264. The van der Waals surface area contributed by atoms with Crippen LogP contribution in [0, 0.1) is 6.92 Å². The lowest BCUT2D eigenvalue weighted by atomic mass is 10.4. The highest BCUT2D eigenvalue weighted by molar-refractivity contribution is 7.89. The van der Waals surface area contributed by atoms with Crippen LogP contribution >= 0.6 is 0 Å². The maximum atomic E-state index is 11.6. The minimum absolute atomic E-state index is 0.0115. The molecule has 0 amide bonds. The summed E-state index contributed by atoms with van der Waals surface area (Å²) in [6.45, 7) is 2.13. The van der Waals surface area contributed by atoms with Gasteiger partial charge in [-0.25, -0.2) is 17.7 Å². The van der Waals surface area contributed by atoms with Crippen molar-refractivity contribution >= 4 is 21.6 Å². The summed E-state index contributed by atoms with van der Waals surface area (Å²) in [5, 5.41) is 7.07. The number of hydrogen-bond donors (Lipinski definition) is 1. The first-order valence-electron chi connectivity index (χ1n) is 5.71. The second-order valence-electron chi connectivity index (χ2n) is 4.28. The fourth-order valence-electron chi connectivity index (χ4n) is 1.55. The first-order valence-corrected chi connectivity index (χ1v) is 7.32. The molecule has 0 radical (unpaired) electrons. The van der Waals surface area contributed by atoms with E-state index < -0.39 is 10.0 Å². The number of aryl methyl sites for hydroxylation is 1. The SMILES string of the molecule is Cc1cc(NCCS(=O)(=O)N(C)C)n2ncnc2n1. The third-order valence-electron chi connectivity index (χ3n) is 2.60. The first kappa shape index (κ1) is 13.7. The average molecular weight is 284 g/mol. The van der Waals surface area contributed by atoms with Crippen molar-refractivity contribution in [3.05, 3.63) is 18.1 Å². The zero-order valence-corrected chi connectivity index (χ0v) is 11.8. The van der Waals surface area contributed by atoms with Crippen LogP contribution in [0.2, 0.25) is 0 Å². The Morgan fingerprint density at radius 1 is 1.42 bits per heavy atom. The van der Waals surface area contributed by atoms with Crippen molar-refractivity contribution in [2.45, 2.75) is 6.92 Å². The normalized spacial score (nSPS) is 12.2. The molecule has 2 rings (SSSR count). The molecular formula is C10H16N6O2S. The number of rotatable bonds is 5. The van der Waals surface area contributed by atoms with Gasteiger partial charge < -0.3 is 5.32 Å². The predicted molar refractivity (Wildman–Crippen MR) is 71.5 cm³/mol. The Morgan fingerprint density at radius 3 is 2.84 bits per heavy atom. The van der Waals surface area contributed by atoms with Gasteiger partial charge >= 0.3 is 0 Å². The minimum Gasteiger partial charge on any atom is -0.369 e. The van der Waals surface area contributed by atoms with Crippen LogP contribution in [0.5, 0.6) is 0 Å². The van der Waals surface area contributed by atoms with Crippen molar-refractivity contribution in [2.75, 3.05) is 31.7 Å². The molecule has 0 saturated heterocycles. The molecule has 0 aliphatic heterocycles. The molecule has 0 atom stereocenters. The second kappa shape index (κ2) is 5.10. The third kappa shape index (κ3) is 2.99. The first-order chi connectivity index (χ1) is 8.90. The Kier molecular flexibility index (Phi) is 3.67. The lowest BCUT2D eigenvalue weighted by Crippen LogP contribution is -2.28. The summed E-state index contributed by atoms with van der Waals surface area (Å²) < 4.78 is 26.0. The van der Waals surface area contributed by atoms with Gasteiger partial charge in [0.1, 0.15) is 12.1 Å². The highest BCUT2D eigenvalue weighted by Gasteiger charge is 2.13. The van der Waals surface area contributed by atoms with E-state index >= 15 is 0 Å². The van der Waals surface area contributed by atoms with E-state index in [1.54, 1.807) is 6.07 Å². The van der Waals surface area contributed by atoms with Gasteiger partial charge in [0.05, 0.1) is 5.75 Å². The van der Waals surface area contributed by atoms with Crippen LogP contribution < -0.4 is 5.32 Å². The van der Waals surface area contributed by atoms with Crippen molar-refractivity contribution in [2.24, 2.45) is 0 Å². The topological polar surface area (TPSA) is 92.5 Å². The van der Waals surface area contributed by atoms with E-state index in [2.05, 4.69) is 20.4 Å². The summed E-state index contributed by atoms with van der Waals surface area (Å²) in [6, 6.07) is 1.80. The van der Waals surface area contributed by atoms with Gasteiger partial charge in [-0.1, -0.05) is 0 Å². The molecule has 1 N–H and O–H groups in total. The molecule has 0 aromatic carbocycles.